The largest absolute Gasteiger partial charge is 0.480 e. The van der Waals surface area contributed by atoms with Gasteiger partial charge in [0, 0.05) is 0 Å². The number of hydrogen-bond donors (Lipinski definition) is 2. The predicted octanol–water partition coefficient (Wildman–Crippen LogP) is 6.33. The number of hydrogen-bond acceptors (Lipinski definition) is 2. The monoisotopic (exact) mass is 421 g/mol. The van der Waals surface area contributed by atoms with E-state index in [0.29, 0.717) is 5.92 Å². The van der Waals surface area contributed by atoms with Crippen LogP contribution >= 0.6 is 0 Å². The summed E-state index contributed by atoms with van der Waals surface area (Å²) in [5.41, 5.74) is 2.22. The summed E-state index contributed by atoms with van der Waals surface area (Å²) in [5.74, 6) is -0.142. The van der Waals surface area contributed by atoms with Gasteiger partial charge in [0.15, 0.2) is 0 Å². The lowest BCUT2D eigenvalue weighted by molar-refractivity contribution is -0.139. The van der Waals surface area contributed by atoms with Gasteiger partial charge in [0.25, 0.3) is 0 Å². The third kappa shape index (κ3) is 8.41. The summed E-state index contributed by atoms with van der Waals surface area (Å²) in [5, 5.41) is 11.5. The van der Waals surface area contributed by atoms with Crippen molar-refractivity contribution in [3.05, 3.63) is 72.3 Å². The molecule has 2 aromatic carbocycles. The van der Waals surface area contributed by atoms with Gasteiger partial charge in [-0.2, -0.15) is 13.2 Å². The van der Waals surface area contributed by atoms with Gasteiger partial charge < -0.3 is 10.4 Å². The van der Waals surface area contributed by atoms with Crippen molar-refractivity contribution in [2.45, 2.75) is 45.8 Å². The van der Waals surface area contributed by atoms with E-state index in [1.807, 2.05) is 38.1 Å². The van der Waals surface area contributed by atoms with Gasteiger partial charge in [0.05, 0.1) is 5.56 Å². The van der Waals surface area contributed by atoms with Gasteiger partial charge in [-0.3, -0.25) is 4.79 Å². The average molecular weight is 422 g/mol. The molecule has 1 fully saturated rings. The molecule has 0 bridgehead atoms. The second-order valence-corrected chi connectivity index (χ2v) is 7.16. The number of rotatable bonds is 3. The van der Waals surface area contributed by atoms with E-state index in [9.17, 15) is 18.0 Å². The number of aliphatic carboxylic acids is 1. The van der Waals surface area contributed by atoms with Crippen LogP contribution < -0.4 is 5.32 Å². The predicted molar refractivity (Wildman–Crippen MR) is 115 cm³/mol. The van der Waals surface area contributed by atoms with E-state index in [2.05, 4.69) is 18.8 Å². The fourth-order valence-electron chi connectivity index (χ4n) is 2.91. The molecule has 1 aliphatic rings. The van der Waals surface area contributed by atoms with Crippen LogP contribution in [0.5, 0.6) is 0 Å². The number of benzene rings is 2. The van der Waals surface area contributed by atoms with E-state index < -0.39 is 17.7 Å². The van der Waals surface area contributed by atoms with Crippen LogP contribution in [0.15, 0.2) is 61.2 Å². The smallest absolute Gasteiger partial charge is 0.416 e. The first-order valence-corrected chi connectivity index (χ1v) is 9.89. The number of halogens is 3. The van der Waals surface area contributed by atoms with E-state index in [4.69, 9.17) is 5.11 Å². The van der Waals surface area contributed by atoms with Crippen molar-refractivity contribution < 1.29 is 23.1 Å². The van der Waals surface area contributed by atoms with Crippen molar-refractivity contribution in [3.8, 4) is 11.1 Å². The number of nitrogens with one attached hydrogen (secondary N) is 1. The normalized spacial score (nSPS) is 17.8. The average Bonchev–Trinajstić information content (AvgIpc) is 3.19. The quantitative estimate of drug-likeness (QED) is 0.569. The Morgan fingerprint density at radius 3 is 1.93 bits per heavy atom. The fraction of sp³-hybridized carbons (Fsp3) is 0.375. The molecule has 2 atom stereocenters. The van der Waals surface area contributed by atoms with Crippen LogP contribution in [0, 0.1) is 12.8 Å². The molecular formula is C24H30F3NO2. The maximum Gasteiger partial charge on any atom is 0.416 e. The van der Waals surface area contributed by atoms with E-state index in [-0.39, 0.29) is 6.04 Å². The summed E-state index contributed by atoms with van der Waals surface area (Å²) in [6, 6.07) is 12.6. The summed E-state index contributed by atoms with van der Waals surface area (Å²) in [4.78, 5) is 10.4. The Morgan fingerprint density at radius 2 is 1.60 bits per heavy atom. The Morgan fingerprint density at radius 1 is 1.13 bits per heavy atom. The molecule has 2 aromatic rings. The van der Waals surface area contributed by atoms with Gasteiger partial charge >= 0.3 is 12.1 Å². The van der Waals surface area contributed by atoms with E-state index >= 15 is 0 Å². The molecule has 1 aliphatic heterocycles. The molecule has 0 radical (unpaired) electrons. The number of aryl methyl sites for hydroxylation is 1. The third-order valence-electron chi connectivity index (χ3n) is 4.69. The van der Waals surface area contributed by atoms with Gasteiger partial charge in [-0.1, -0.05) is 61.4 Å². The van der Waals surface area contributed by atoms with Gasteiger partial charge in [-0.15, -0.1) is 6.58 Å². The van der Waals surface area contributed by atoms with Crippen molar-refractivity contribution in [1.82, 2.24) is 5.32 Å². The van der Waals surface area contributed by atoms with Crippen molar-refractivity contribution in [2.24, 2.45) is 5.92 Å². The molecule has 1 saturated heterocycles. The van der Waals surface area contributed by atoms with Crippen LogP contribution in [0.1, 0.15) is 37.8 Å². The van der Waals surface area contributed by atoms with Gasteiger partial charge in [-0.25, -0.2) is 0 Å². The Hall–Kier alpha value is -2.60. The minimum atomic E-state index is -4.27. The molecule has 0 saturated carbocycles. The lowest BCUT2D eigenvalue weighted by Crippen LogP contribution is -2.29. The van der Waals surface area contributed by atoms with Crippen LogP contribution in [-0.2, 0) is 11.0 Å². The number of carboxylic acids is 1. The molecule has 6 heteroatoms. The summed E-state index contributed by atoms with van der Waals surface area (Å²) in [6.45, 7) is 10.2. The summed E-state index contributed by atoms with van der Waals surface area (Å²) in [6.07, 6.45) is -0.644. The van der Waals surface area contributed by atoms with Crippen molar-refractivity contribution in [3.63, 3.8) is 0 Å². The first kappa shape index (κ1) is 25.4. The summed E-state index contributed by atoms with van der Waals surface area (Å²) in [7, 11) is 0. The van der Waals surface area contributed by atoms with Gasteiger partial charge in [0.1, 0.15) is 6.04 Å². The van der Waals surface area contributed by atoms with Crippen molar-refractivity contribution >= 4 is 5.97 Å². The number of alkyl halides is 3. The molecule has 2 unspecified atom stereocenters. The van der Waals surface area contributed by atoms with E-state index in [0.717, 1.165) is 48.2 Å². The highest BCUT2D eigenvalue weighted by atomic mass is 19.4. The Bertz CT molecular complexity index is 784. The highest BCUT2D eigenvalue weighted by Gasteiger charge is 2.30. The fourth-order valence-corrected chi connectivity index (χ4v) is 2.91. The minimum absolute atomic E-state index is 0.287. The molecule has 0 amide bonds. The zero-order valence-corrected chi connectivity index (χ0v) is 17.7. The highest BCUT2D eigenvalue weighted by molar-refractivity contribution is 5.73. The Kier molecular flexibility index (Phi) is 10.3. The maximum absolute atomic E-state index is 12.4. The molecule has 0 aliphatic carbocycles. The SMILES string of the molecule is C=CC.CCC1CNC(C(=O)O)C1.Cc1ccc(-c2ccc(C(F)(F)F)cc2)cc1. The Labute approximate surface area is 176 Å². The maximum atomic E-state index is 12.4. The topological polar surface area (TPSA) is 49.3 Å². The van der Waals surface area contributed by atoms with Gasteiger partial charge in [0.2, 0.25) is 0 Å². The lowest BCUT2D eigenvalue weighted by atomic mass is 10.0. The first-order chi connectivity index (χ1) is 14.1. The Balaban J connectivity index is 0.000000294. The summed E-state index contributed by atoms with van der Waals surface area (Å²) < 4.78 is 37.1. The molecule has 164 valence electrons. The van der Waals surface area contributed by atoms with E-state index in [1.54, 1.807) is 6.08 Å². The van der Waals surface area contributed by atoms with Crippen LogP contribution in [0.25, 0.3) is 11.1 Å². The second kappa shape index (κ2) is 12.2. The molecule has 3 rings (SSSR count). The summed E-state index contributed by atoms with van der Waals surface area (Å²) >= 11 is 0. The molecule has 2 N–H and O–H groups in total. The van der Waals surface area contributed by atoms with Crippen molar-refractivity contribution in [2.75, 3.05) is 6.54 Å². The zero-order valence-electron chi connectivity index (χ0n) is 17.7. The molecule has 0 aromatic heterocycles. The molecule has 30 heavy (non-hydrogen) atoms. The van der Waals surface area contributed by atoms with Gasteiger partial charge in [-0.05, 0) is 56.0 Å². The third-order valence-corrected chi connectivity index (χ3v) is 4.69. The second-order valence-electron chi connectivity index (χ2n) is 7.16. The zero-order chi connectivity index (χ0) is 22.7. The first-order valence-electron chi connectivity index (χ1n) is 9.89. The van der Waals surface area contributed by atoms with Crippen LogP contribution in [0.2, 0.25) is 0 Å². The van der Waals surface area contributed by atoms with Crippen molar-refractivity contribution in [1.29, 1.82) is 0 Å². The number of carbonyl (C=O) groups is 1. The highest BCUT2D eigenvalue weighted by Crippen LogP contribution is 2.30. The molecule has 3 nitrogen and oxygen atoms in total. The molecule has 1 heterocycles. The minimum Gasteiger partial charge on any atom is -0.480 e. The van der Waals surface area contributed by atoms with Crippen LogP contribution in [0.3, 0.4) is 0 Å². The van der Waals surface area contributed by atoms with Crippen LogP contribution in [0.4, 0.5) is 13.2 Å². The van der Waals surface area contributed by atoms with E-state index in [1.165, 1.54) is 12.1 Å². The molecular weight excluding hydrogens is 391 g/mol. The molecule has 0 spiro atoms. The van der Waals surface area contributed by atoms with Crippen LogP contribution in [-0.4, -0.2) is 23.7 Å². The lowest BCUT2D eigenvalue weighted by Gasteiger charge is -2.07. The number of carboxylic acid groups (broad SMARTS) is 1. The standard InChI is InChI=1S/C14H11F3.C7H13NO2.C3H6/c1-10-2-4-11(5-3-10)12-6-8-13(9-7-12)14(15,16)17;1-2-5-3-6(7(9)10)8-4-5;1-3-2/h2-9H,1H3;5-6,8H,2-4H2,1H3,(H,9,10);3H,1H2,2H3. The number of allylic oxidation sites excluding steroid dienone is 1.